The number of ether oxygens (including phenoxy) is 1. The van der Waals surface area contributed by atoms with Crippen LogP contribution in [-0.2, 0) is 9.53 Å². The second-order valence-corrected chi connectivity index (χ2v) is 10.6. The maximum atomic E-state index is 11.1. The summed E-state index contributed by atoms with van der Waals surface area (Å²) in [7, 11) is 1.23. The Kier molecular flexibility index (Phi) is 9.41. The van der Waals surface area contributed by atoms with Crippen molar-refractivity contribution in [1.29, 1.82) is 0 Å². The standard InChI is InChI=1S/C12H27NO2P2/c1-6-11(14)13-8-7-12(2,3)15-9-10-17(5)16-4/h16H,6-10H2,1-5H3,(H,13,14). The lowest BCUT2D eigenvalue weighted by atomic mass is 10.1. The van der Waals surface area contributed by atoms with E-state index in [4.69, 9.17) is 4.74 Å². The quantitative estimate of drug-likeness (QED) is 0.659. The summed E-state index contributed by atoms with van der Waals surface area (Å²) in [5.74, 6) is 0.116. The normalized spacial score (nSPS) is 14.2. The Hall–Kier alpha value is 0.290. The van der Waals surface area contributed by atoms with Crippen LogP contribution in [0.2, 0.25) is 0 Å². The average molecular weight is 279 g/mol. The number of carbonyl (C=O) groups excluding carboxylic acids is 1. The zero-order chi connectivity index (χ0) is 13.3. The Morgan fingerprint density at radius 1 is 1.47 bits per heavy atom. The molecule has 0 saturated heterocycles. The lowest BCUT2D eigenvalue weighted by Crippen LogP contribution is -2.33. The summed E-state index contributed by atoms with van der Waals surface area (Å²) < 4.78 is 5.89. The average Bonchev–Trinajstić information content (AvgIpc) is 2.27. The van der Waals surface area contributed by atoms with Gasteiger partial charge in [-0.25, -0.2) is 0 Å². The van der Waals surface area contributed by atoms with Gasteiger partial charge in [0.15, 0.2) is 0 Å². The monoisotopic (exact) mass is 279 g/mol. The molecular formula is C12H27NO2P2. The molecule has 0 aliphatic heterocycles. The van der Waals surface area contributed by atoms with E-state index in [1.165, 1.54) is 6.16 Å². The molecule has 0 saturated carbocycles. The smallest absolute Gasteiger partial charge is 0.219 e. The van der Waals surface area contributed by atoms with Crippen LogP contribution >= 0.6 is 15.9 Å². The van der Waals surface area contributed by atoms with Gasteiger partial charge in [0, 0.05) is 13.0 Å². The van der Waals surface area contributed by atoms with Crippen LogP contribution in [0.5, 0.6) is 0 Å². The molecule has 0 aromatic heterocycles. The van der Waals surface area contributed by atoms with Gasteiger partial charge in [-0.3, -0.25) is 4.79 Å². The van der Waals surface area contributed by atoms with Crippen molar-refractivity contribution in [3.8, 4) is 0 Å². The van der Waals surface area contributed by atoms with Crippen LogP contribution in [0, 0.1) is 0 Å². The van der Waals surface area contributed by atoms with E-state index < -0.39 is 0 Å². The van der Waals surface area contributed by atoms with Crippen molar-refractivity contribution in [2.75, 3.05) is 32.6 Å². The molecule has 0 heterocycles. The first-order valence-corrected chi connectivity index (χ1v) is 10.5. The molecular weight excluding hydrogens is 252 g/mol. The molecule has 3 nitrogen and oxygen atoms in total. The van der Waals surface area contributed by atoms with E-state index >= 15 is 0 Å². The van der Waals surface area contributed by atoms with Gasteiger partial charge in [0.25, 0.3) is 0 Å². The Bertz CT molecular complexity index is 223. The van der Waals surface area contributed by atoms with Gasteiger partial charge >= 0.3 is 0 Å². The van der Waals surface area contributed by atoms with Crippen molar-refractivity contribution in [2.45, 2.75) is 39.2 Å². The van der Waals surface area contributed by atoms with E-state index in [0.717, 1.165) is 21.3 Å². The number of carbonyl (C=O) groups is 1. The third kappa shape index (κ3) is 9.94. The second-order valence-electron chi connectivity index (χ2n) is 4.71. The molecule has 0 aromatic carbocycles. The van der Waals surface area contributed by atoms with Crippen molar-refractivity contribution in [1.82, 2.24) is 5.32 Å². The minimum Gasteiger partial charge on any atom is -0.375 e. The number of nitrogens with one attached hydrogen (secondary N) is 1. The van der Waals surface area contributed by atoms with Gasteiger partial charge in [0.05, 0.1) is 12.2 Å². The molecule has 0 aliphatic carbocycles. The lowest BCUT2D eigenvalue weighted by molar-refractivity contribution is -0.121. The zero-order valence-corrected chi connectivity index (χ0v) is 13.7. The fraction of sp³-hybridized carbons (Fsp3) is 0.917. The van der Waals surface area contributed by atoms with E-state index in [1.54, 1.807) is 0 Å². The van der Waals surface area contributed by atoms with Crippen LogP contribution < -0.4 is 5.32 Å². The lowest BCUT2D eigenvalue weighted by Gasteiger charge is -2.26. The van der Waals surface area contributed by atoms with Gasteiger partial charge in [-0.15, -0.1) is 0 Å². The number of amides is 1. The Labute approximate surface area is 109 Å². The first-order chi connectivity index (χ1) is 7.91. The highest BCUT2D eigenvalue weighted by Gasteiger charge is 2.18. The molecule has 102 valence electrons. The van der Waals surface area contributed by atoms with E-state index in [0.29, 0.717) is 13.0 Å². The van der Waals surface area contributed by atoms with E-state index in [9.17, 15) is 4.79 Å². The second kappa shape index (κ2) is 9.25. The largest absolute Gasteiger partial charge is 0.375 e. The van der Waals surface area contributed by atoms with Gasteiger partial charge < -0.3 is 10.1 Å². The molecule has 0 spiro atoms. The van der Waals surface area contributed by atoms with Crippen LogP contribution in [-0.4, -0.2) is 44.2 Å². The van der Waals surface area contributed by atoms with Gasteiger partial charge in [-0.05, 0) is 39.8 Å². The molecule has 1 N–H and O–H groups in total. The minimum atomic E-state index is -0.131. The summed E-state index contributed by atoms with van der Waals surface area (Å²) in [5, 5.41) is 2.89. The first kappa shape index (κ1) is 17.3. The highest BCUT2D eigenvalue weighted by Crippen LogP contribution is 2.49. The van der Waals surface area contributed by atoms with E-state index in [2.05, 4.69) is 32.5 Å². The summed E-state index contributed by atoms with van der Waals surface area (Å²) in [6.45, 7) is 12.2. The van der Waals surface area contributed by atoms with Gasteiger partial charge in [0.2, 0.25) is 5.91 Å². The predicted molar refractivity (Wildman–Crippen MR) is 79.9 cm³/mol. The molecule has 0 rings (SSSR count). The highest BCUT2D eigenvalue weighted by atomic mass is 32.0. The van der Waals surface area contributed by atoms with Gasteiger partial charge in [0.1, 0.15) is 0 Å². The summed E-state index contributed by atoms with van der Waals surface area (Å²) in [4.78, 5) is 11.1. The van der Waals surface area contributed by atoms with Crippen molar-refractivity contribution in [3.05, 3.63) is 0 Å². The third-order valence-corrected chi connectivity index (χ3v) is 7.25. The van der Waals surface area contributed by atoms with Crippen LogP contribution in [0.3, 0.4) is 0 Å². The van der Waals surface area contributed by atoms with Crippen molar-refractivity contribution in [3.63, 3.8) is 0 Å². The van der Waals surface area contributed by atoms with Crippen LogP contribution in [0.1, 0.15) is 33.6 Å². The SMILES string of the molecule is CCC(=O)NCCC(C)(C)OCCP(C)PC. The third-order valence-electron chi connectivity index (χ3n) is 2.67. The minimum absolute atomic E-state index is 0.116. The van der Waals surface area contributed by atoms with Crippen molar-refractivity contribution in [2.24, 2.45) is 0 Å². The van der Waals surface area contributed by atoms with E-state index in [1.807, 2.05) is 6.92 Å². The zero-order valence-electron chi connectivity index (χ0n) is 11.8. The molecule has 1 amide bonds. The molecule has 0 aromatic rings. The maximum absolute atomic E-state index is 11.1. The molecule has 0 fully saturated rings. The molecule has 0 bridgehead atoms. The number of hydrogen-bond acceptors (Lipinski definition) is 2. The Morgan fingerprint density at radius 2 is 2.12 bits per heavy atom. The first-order valence-electron chi connectivity index (χ1n) is 6.20. The van der Waals surface area contributed by atoms with Crippen molar-refractivity contribution < 1.29 is 9.53 Å². The summed E-state index contributed by atoms with van der Waals surface area (Å²) >= 11 is 0. The van der Waals surface area contributed by atoms with Crippen molar-refractivity contribution >= 4 is 21.8 Å². The molecule has 17 heavy (non-hydrogen) atoms. The Balaban J connectivity index is 3.68. The number of hydrogen-bond donors (Lipinski definition) is 1. The molecule has 2 atom stereocenters. The molecule has 0 aliphatic rings. The van der Waals surface area contributed by atoms with Crippen LogP contribution in [0.4, 0.5) is 0 Å². The highest BCUT2D eigenvalue weighted by molar-refractivity contribution is 8.20. The van der Waals surface area contributed by atoms with E-state index in [-0.39, 0.29) is 19.1 Å². The van der Waals surface area contributed by atoms with Gasteiger partial charge in [-0.1, -0.05) is 22.8 Å². The molecule has 5 heteroatoms. The summed E-state index contributed by atoms with van der Waals surface area (Å²) in [6, 6.07) is 0. The Morgan fingerprint density at radius 3 is 2.65 bits per heavy atom. The van der Waals surface area contributed by atoms with Crippen LogP contribution in [0.25, 0.3) is 0 Å². The topological polar surface area (TPSA) is 38.3 Å². The van der Waals surface area contributed by atoms with Gasteiger partial charge in [-0.2, -0.15) is 0 Å². The maximum Gasteiger partial charge on any atom is 0.219 e. The predicted octanol–water partition coefficient (Wildman–Crippen LogP) is 3.03. The fourth-order valence-electron chi connectivity index (χ4n) is 1.27. The molecule has 2 unspecified atom stereocenters. The number of rotatable bonds is 9. The summed E-state index contributed by atoms with van der Waals surface area (Å²) in [5.41, 5.74) is -0.131. The molecule has 0 radical (unpaired) electrons. The summed E-state index contributed by atoms with van der Waals surface area (Å²) in [6.07, 6.45) is 2.61. The van der Waals surface area contributed by atoms with Crippen LogP contribution in [0.15, 0.2) is 0 Å². The fourth-order valence-corrected chi connectivity index (χ4v) is 2.80.